The van der Waals surface area contributed by atoms with Crippen molar-refractivity contribution in [2.45, 2.75) is 65.1 Å². The van der Waals surface area contributed by atoms with Crippen LogP contribution in [0.15, 0.2) is 0 Å². The van der Waals surface area contributed by atoms with Crippen LogP contribution in [0.4, 0.5) is 0 Å². The SMILES string of the molecule is CC(C)NCCCN1CC(C)(C)N(C)C(C)(C)C1. The number of nitrogens with one attached hydrogen (secondary N) is 1. The highest BCUT2D eigenvalue weighted by atomic mass is 15.3. The minimum Gasteiger partial charge on any atom is -0.314 e. The number of rotatable bonds is 5. The van der Waals surface area contributed by atoms with Gasteiger partial charge in [0, 0.05) is 30.2 Å². The van der Waals surface area contributed by atoms with Gasteiger partial charge in [-0.2, -0.15) is 0 Å². The molecule has 0 aromatic heterocycles. The van der Waals surface area contributed by atoms with Crippen LogP contribution in [0.3, 0.4) is 0 Å². The second kappa shape index (κ2) is 5.89. The van der Waals surface area contributed by atoms with Gasteiger partial charge in [-0.15, -0.1) is 0 Å². The Bertz CT molecular complexity index is 240. The second-order valence-electron chi connectivity index (χ2n) is 7.36. The third-order valence-electron chi connectivity index (χ3n) is 4.24. The second-order valence-corrected chi connectivity index (χ2v) is 7.36. The van der Waals surface area contributed by atoms with E-state index in [1.54, 1.807) is 0 Å². The zero-order chi connectivity index (χ0) is 14.0. The highest BCUT2D eigenvalue weighted by Gasteiger charge is 2.41. The minimum absolute atomic E-state index is 0.271. The number of nitrogens with zero attached hydrogens (tertiary/aromatic N) is 2. The predicted molar refractivity (Wildman–Crippen MR) is 80.1 cm³/mol. The van der Waals surface area contributed by atoms with Crippen molar-refractivity contribution in [1.29, 1.82) is 0 Å². The molecule has 0 radical (unpaired) electrons. The van der Waals surface area contributed by atoms with Crippen LogP contribution in [0.5, 0.6) is 0 Å². The van der Waals surface area contributed by atoms with Crippen LogP contribution in [0.2, 0.25) is 0 Å². The van der Waals surface area contributed by atoms with Crippen LogP contribution in [0.1, 0.15) is 48.0 Å². The van der Waals surface area contributed by atoms with Gasteiger partial charge in [0.15, 0.2) is 0 Å². The van der Waals surface area contributed by atoms with Gasteiger partial charge in [-0.05, 0) is 54.3 Å². The Kier molecular flexibility index (Phi) is 5.22. The molecule has 1 fully saturated rings. The normalized spacial score (nSPS) is 24.7. The molecule has 3 heteroatoms. The molecule has 1 aliphatic heterocycles. The molecule has 1 heterocycles. The molecule has 18 heavy (non-hydrogen) atoms. The molecule has 0 amide bonds. The van der Waals surface area contributed by atoms with Crippen molar-refractivity contribution in [2.24, 2.45) is 0 Å². The highest BCUT2D eigenvalue weighted by Crippen LogP contribution is 2.30. The summed E-state index contributed by atoms with van der Waals surface area (Å²) in [5, 5.41) is 3.50. The van der Waals surface area contributed by atoms with Crippen molar-refractivity contribution < 1.29 is 0 Å². The fourth-order valence-corrected chi connectivity index (χ4v) is 3.03. The maximum Gasteiger partial charge on any atom is 0.0283 e. The van der Waals surface area contributed by atoms with Gasteiger partial charge in [-0.3, -0.25) is 9.80 Å². The number of hydrogen-bond donors (Lipinski definition) is 1. The number of piperazine rings is 1. The lowest BCUT2D eigenvalue weighted by atomic mass is 9.88. The van der Waals surface area contributed by atoms with Gasteiger partial charge in [0.25, 0.3) is 0 Å². The third kappa shape index (κ3) is 4.22. The molecule has 0 saturated carbocycles. The molecule has 0 aromatic rings. The first kappa shape index (κ1) is 15.9. The molecule has 0 aliphatic carbocycles. The van der Waals surface area contributed by atoms with E-state index in [2.05, 4.69) is 63.7 Å². The number of likely N-dealkylation sites (N-methyl/N-ethyl adjacent to an activating group) is 1. The lowest BCUT2D eigenvalue weighted by Gasteiger charge is -2.55. The Morgan fingerprint density at radius 1 is 1.06 bits per heavy atom. The van der Waals surface area contributed by atoms with E-state index in [4.69, 9.17) is 0 Å². The van der Waals surface area contributed by atoms with Crippen molar-refractivity contribution in [2.75, 3.05) is 33.2 Å². The first-order valence-electron chi connectivity index (χ1n) is 7.35. The zero-order valence-electron chi connectivity index (χ0n) is 13.5. The molecule has 0 spiro atoms. The van der Waals surface area contributed by atoms with Crippen molar-refractivity contribution in [1.82, 2.24) is 15.1 Å². The Balaban J connectivity index is 2.44. The number of hydrogen-bond acceptors (Lipinski definition) is 3. The summed E-state index contributed by atoms with van der Waals surface area (Å²) in [6.45, 7) is 18.5. The molecule has 108 valence electrons. The molecule has 0 bridgehead atoms. The summed E-state index contributed by atoms with van der Waals surface area (Å²) < 4.78 is 0. The Morgan fingerprint density at radius 2 is 1.56 bits per heavy atom. The van der Waals surface area contributed by atoms with E-state index in [-0.39, 0.29) is 11.1 Å². The molecule has 1 saturated heterocycles. The smallest absolute Gasteiger partial charge is 0.0283 e. The monoisotopic (exact) mass is 255 g/mol. The fraction of sp³-hybridized carbons (Fsp3) is 1.00. The van der Waals surface area contributed by atoms with Gasteiger partial charge in [-0.25, -0.2) is 0 Å². The topological polar surface area (TPSA) is 18.5 Å². The molecular weight excluding hydrogens is 222 g/mol. The van der Waals surface area contributed by atoms with E-state index >= 15 is 0 Å². The van der Waals surface area contributed by atoms with Crippen LogP contribution in [-0.2, 0) is 0 Å². The standard InChI is InChI=1S/C15H33N3/c1-13(2)16-9-8-10-18-11-14(3,4)17(7)15(5,6)12-18/h13,16H,8-12H2,1-7H3. The van der Waals surface area contributed by atoms with Gasteiger partial charge in [-0.1, -0.05) is 13.8 Å². The van der Waals surface area contributed by atoms with Gasteiger partial charge in [0.1, 0.15) is 0 Å². The van der Waals surface area contributed by atoms with E-state index in [0.717, 1.165) is 6.54 Å². The molecular formula is C15H33N3. The van der Waals surface area contributed by atoms with E-state index in [1.807, 2.05) is 0 Å². The summed E-state index contributed by atoms with van der Waals surface area (Å²) in [5.74, 6) is 0. The van der Waals surface area contributed by atoms with Crippen molar-refractivity contribution in [3.63, 3.8) is 0 Å². The van der Waals surface area contributed by atoms with E-state index in [0.29, 0.717) is 6.04 Å². The van der Waals surface area contributed by atoms with Crippen LogP contribution in [0.25, 0.3) is 0 Å². The molecule has 0 atom stereocenters. The summed E-state index contributed by atoms with van der Waals surface area (Å²) in [6.07, 6.45) is 1.24. The highest BCUT2D eigenvalue weighted by molar-refractivity contribution is 4.99. The Labute approximate surface area is 114 Å². The average Bonchev–Trinajstić information content (AvgIpc) is 2.20. The fourth-order valence-electron chi connectivity index (χ4n) is 3.03. The first-order chi connectivity index (χ1) is 8.15. The van der Waals surface area contributed by atoms with E-state index in [1.165, 1.54) is 26.1 Å². The average molecular weight is 255 g/mol. The summed E-state index contributed by atoms with van der Waals surface area (Å²) >= 11 is 0. The van der Waals surface area contributed by atoms with Crippen molar-refractivity contribution in [3.8, 4) is 0 Å². The van der Waals surface area contributed by atoms with E-state index in [9.17, 15) is 0 Å². The first-order valence-corrected chi connectivity index (χ1v) is 7.35. The molecule has 3 nitrogen and oxygen atoms in total. The van der Waals surface area contributed by atoms with Crippen molar-refractivity contribution >= 4 is 0 Å². The van der Waals surface area contributed by atoms with Crippen LogP contribution < -0.4 is 5.32 Å². The van der Waals surface area contributed by atoms with Crippen LogP contribution in [0, 0.1) is 0 Å². The minimum atomic E-state index is 0.271. The lowest BCUT2D eigenvalue weighted by molar-refractivity contribution is -0.0501. The van der Waals surface area contributed by atoms with Gasteiger partial charge in [0.05, 0.1) is 0 Å². The Hall–Kier alpha value is -0.120. The lowest BCUT2D eigenvalue weighted by Crippen LogP contribution is -2.67. The zero-order valence-corrected chi connectivity index (χ0v) is 13.5. The van der Waals surface area contributed by atoms with Gasteiger partial charge < -0.3 is 5.32 Å². The van der Waals surface area contributed by atoms with Crippen molar-refractivity contribution in [3.05, 3.63) is 0 Å². The molecule has 1 N–H and O–H groups in total. The van der Waals surface area contributed by atoms with Crippen LogP contribution in [-0.4, -0.2) is 60.1 Å². The van der Waals surface area contributed by atoms with Crippen LogP contribution >= 0.6 is 0 Å². The maximum absolute atomic E-state index is 3.50. The summed E-state index contributed by atoms with van der Waals surface area (Å²) in [5.41, 5.74) is 0.542. The summed E-state index contributed by atoms with van der Waals surface area (Å²) in [7, 11) is 2.26. The van der Waals surface area contributed by atoms with E-state index < -0.39 is 0 Å². The molecule has 1 rings (SSSR count). The summed E-state index contributed by atoms with van der Waals surface area (Å²) in [4.78, 5) is 5.16. The largest absolute Gasteiger partial charge is 0.314 e. The molecule has 0 unspecified atom stereocenters. The quantitative estimate of drug-likeness (QED) is 0.760. The molecule has 1 aliphatic rings. The molecule has 0 aromatic carbocycles. The third-order valence-corrected chi connectivity index (χ3v) is 4.24. The predicted octanol–water partition coefficient (Wildman–Crippen LogP) is 2.18. The van der Waals surface area contributed by atoms with Gasteiger partial charge >= 0.3 is 0 Å². The van der Waals surface area contributed by atoms with Gasteiger partial charge in [0.2, 0.25) is 0 Å². The Morgan fingerprint density at radius 3 is 2.00 bits per heavy atom. The summed E-state index contributed by atoms with van der Waals surface area (Å²) in [6, 6.07) is 0.602. The maximum atomic E-state index is 3.50.